The zero-order chi connectivity index (χ0) is 25.3. The van der Waals surface area contributed by atoms with Gasteiger partial charge in [0.2, 0.25) is 0 Å². The predicted molar refractivity (Wildman–Crippen MR) is 121 cm³/mol. The fraction of sp³-hybridized carbons (Fsp3) is 0.458. The van der Waals surface area contributed by atoms with Crippen LogP contribution in [0.15, 0.2) is 35.2 Å². The van der Waals surface area contributed by atoms with Gasteiger partial charge in [-0.2, -0.15) is 0 Å². The first kappa shape index (κ1) is 24.5. The Hall–Kier alpha value is -2.14. The maximum Gasteiger partial charge on any atom is 0.255 e. The molecule has 1 amide bonds. The van der Waals surface area contributed by atoms with E-state index in [0.717, 1.165) is 12.5 Å². The molecule has 188 valence electrons. The number of carbonyl (C=O) groups excluding carboxylic acids is 1. The van der Waals surface area contributed by atoms with Crippen molar-refractivity contribution in [2.45, 2.75) is 54.6 Å². The molecule has 0 aromatic heterocycles. The van der Waals surface area contributed by atoms with Gasteiger partial charge < -0.3 is 14.8 Å². The van der Waals surface area contributed by atoms with E-state index in [1.165, 1.54) is 12.1 Å². The number of nitrogens with one attached hydrogen (secondary N) is 1. The van der Waals surface area contributed by atoms with Crippen molar-refractivity contribution >= 4 is 33.0 Å². The van der Waals surface area contributed by atoms with Gasteiger partial charge >= 0.3 is 0 Å². The highest BCUT2D eigenvalue weighted by Gasteiger charge is 2.66. The van der Waals surface area contributed by atoms with Gasteiger partial charge in [0.25, 0.3) is 5.91 Å². The molecule has 2 bridgehead atoms. The van der Waals surface area contributed by atoms with E-state index in [1.807, 2.05) is 0 Å². The van der Waals surface area contributed by atoms with Crippen LogP contribution in [0.25, 0.3) is 0 Å². The number of fused-ring (bicyclic) bond motifs is 3. The third-order valence-corrected chi connectivity index (χ3v) is 10.0. The van der Waals surface area contributed by atoms with Crippen LogP contribution in [0.1, 0.15) is 43.5 Å². The lowest BCUT2D eigenvalue weighted by atomic mass is 9.85. The Kier molecular flexibility index (Phi) is 5.75. The second-order valence-corrected chi connectivity index (χ2v) is 12.3. The molecule has 1 spiro atoms. The van der Waals surface area contributed by atoms with E-state index in [9.17, 15) is 26.4 Å². The third kappa shape index (κ3) is 4.04. The number of hydrogen-bond donors (Lipinski definition) is 1. The summed E-state index contributed by atoms with van der Waals surface area (Å²) in [7, 11) is -3.97. The number of hydrogen-bond acceptors (Lipinski definition) is 5. The van der Waals surface area contributed by atoms with Gasteiger partial charge in [-0.15, -0.1) is 0 Å². The number of halogens is 4. The molecular weight excluding hydrogens is 507 g/mol. The van der Waals surface area contributed by atoms with E-state index >= 15 is 0 Å². The SMILES string of the molecule is CC1(C)OC[C@]2(CC3CCC2[C@@H]3S(=O)(=O)c2cc(C(=O)Nc3cc(F)c(F)c(F)c3)ccc2Cl)O1. The van der Waals surface area contributed by atoms with Crippen LogP contribution in [-0.2, 0) is 19.3 Å². The molecule has 1 N–H and O–H groups in total. The molecule has 2 unspecified atom stereocenters. The van der Waals surface area contributed by atoms with E-state index in [4.69, 9.17) is 21.1 Å². The summed E-state index contributed by atoms with van der Waals surface area (Å²) in [5, 5.41) is 1.48. The van der Waals surface area contributed by atoms with Gasteiger partial charge in [-0.05, 0) is 57.2 Å². The van der Waals surface area contributed by atoms with Crippen molar-refractivity contribution in [2.24, 2.45) is 11.8 Å². The summed E-state index contributed by atoms with van der Waals surface area (Å²) >= 11 is 6.29. The average molecular weight is 530 g/mol. The maximum atomic E-state index is 13.8. The normalized spacial score (nSPS) is 29.1. The van der Waals surface area contributed by atoms with Crippen LogP contribution in [0.2, 0.25) is 5.02 Å². The molecule has 11 heteroatoms. The Morgan fingerprint density at radius 3 is 2.43 bits per heavy atom. The van der Waals surface area contributed by atoms with Crippen molar-refractivity contribution in [3.63, 3.8) is 0 Å². The van der Waals surface area contributed by atoms with Crippen LogP contribution in [0.3, 0.4) is 0 Å². The Balaban J connectivity index is 1.44. The minimum Gasteiger partial charge on any atom is -0.347 e. The smallest absolute Gasteiger partial charge is 0.255 e. The van der Waals surface area contributed by atoms with E-state index in [-0.39, 0.29) is 33.0 Å². The Bertz CT molecular complexity index is 1310. The van der Waals surface area contributed by atoms with Gasteiger partial charge in [0.15, 0.2) is 33.1 Å². The summed E-state index contributed by atoms with van der Waals surface area (Å²) in [5.74, 6) is -6.64. The molecular formula is C24H23ClF3NO5S. The summed E-state index contributed by atoms with van der Waals surface area (Å²) in [6, 6.07) is 5.01. The van der Waals surface area contributed by atoms with Crippen molar-refractivity contribution in [2.75, 3.05) is 11.9 Å². The standard InChI is InChI=1S/C24H23ClF3NO5S/c1-23(2)33-11-24(34-23)10-13-3-5-15(24)21(13)35(31,32)19-7-12(4-6-16(19)25)22(30)29-14-8-17(26)20(28)18(27)9-14/h4,6-9,13,15,21H,3,5,10-11H2,1-2H3,(H,29,30)/t13?,15?,21-,24+/m1/s1. The molecule has 3 fully saturated rings. The van der Waals surface area contributed by atoms with Crippen molar-refractivity contribution in [3.05, 3.63) is 58.4 Å². The van der Waals surface area contributed by atoms with Gasteiger partial charge in [0.05, 0.1) is 27.4 Å². The number of carbonyl (C=O) groups is 1. The number of sulfone groups is 1. The highest BCUT2D eigenvalue weighted by atomic mass is 35.5. The molecule has 4 atom stereocenters. The van der Waals surface area contributed by atoms with E-state index in [1.54, 1.807) is 13.8 Å². The summed E-state index contributed by atoms with van der Waals surface area (Å²) in [6.07, 6.45) is 1.97. The Morgan fingerprint density at radius 1 is 1.11 bits per heavy atom. The highest BCUT2D eigenvalue weighted by Crippen LogP contribution is 2.59. The monoisotopic (exact) mass is 529 g/mol. The molecule has 2 aromatic carbocycles. The van der Waals surface area contributed by atoms with Gasteiger partial charge in [0, 0.05) is 29.3 Å². The largest absolute Gasteiger partial charge is 0.347 e. The van der Waals surface area contributed by atoms with Crippen molar-refractivity contribution in [3.8, 4) is 0 Å². The van der Waals surface area contributed by atoms with Crippen LogP contribution < -0.4 is 5.32 Å². The lowest BCUT2D eigenvalue weighted by Crippen LogP contribution is -2.42. The fourth-order valence-corrected chi connectivity index (χ4v) is 8.78. The molecule has 5 rings (SSSR count). The summed E-state index contributed by atoms with van der Waals surface area (Å²) < 4.78 is 79.9. The molecule has 1 aliphatic heterocycles. The molecule has 0 radical (unpaired) electrons. The first-order valence-corrected chi connectivity index (χ1v) is 13.1. The summed E-state index contributed by atoms with van der Waals surface area (Å²) in [5.41, 5.74) is -1.08. The zero-order valence-corrected chi connectivity index (χ0v) is 20.5. The highest BCUT2D eigenvalue weighted by molar-refractivity contribution is 7.92. The average Bonchev–Trinajstić information content (AvgIpc) is 3.42. The predicted octanol–water partition coefficient (Wildman–Crippen LogP) is 5.10. The first-order valence-electron chi connectivity index (χ1n) is 11.2. The van der Waals surface area contributed by atoms with Crippen LogP contribution in [0.4, 0.5) is 18.9 Å². The number of benzene rings is 2. The molecule has 1 heterocycles. The van der Waals surface area contributed by atoms with Crippen LogP contribution in [-0.4, -0.2) is 37.6 Å². The second kappa shape index (κ2) is 8.19. The van der Waals surface area contributed by atoms with E-state index in [0.29, 0.717) is 31.6 Å². The maximum absolute atomic E-state index is 13.8. The quantitative estimate of drug-likeness (QED) is 0.557. The van der Waals surface area contributed by atoms with Gasteiger partial charge in [-0.25, -0.2) is 21.6 Å². The van der Waals surface area contributed by atoms with Crippen LogP contribution >= 0.6 is 11.6 Å². The molecule has 2 saturated carbocycles. The lowest BCUT2D eigenvalue weighted by molar-refractivity contribution is -0.171. The van der Waals surface area contributed by atoms with E-state index < -0.39 is 49.8 Å². The topological polar surface area (TPSA) is 81.7 Å². The van der Waals surface area contributed by atoms with E-state index in [2.05, 4.69) is 5.32 Å². The third-order valence-electron chi connectivity index (χ3n) is 7.21. The van der Waals surface area contributed by atoms with Crippen molar-refractivity contribution < 1.29 is 35.9 Å². The number of amides is 1. The molecule has 1 saturated heterocycles. The molecule has 3 aliphatic rings. The summed E-state index contributed by atoms with van der Waals surface area (Å²) in [6.45, 7) is 3.91. The molecule has 35 heavy (non-hydrogen) atoms. The van der Waals surface area contributed by atoms with Crippen LogP contribution in [0, 0.1) is 29.3 Å². The Labute approximate surface area is 205 Å². The van der Waals surface area contributed by atoms with Crippen molar-refractivity contribution in [1.82, 2.24) is 0 Å². The minimum atomic E-state index is -3.97. The number of anilines is 1. The van der Waals surface area contributed by atoms with Gasteiger partial charge in [-0.3, -0.25) is 4.79 Å². The van der Waals surface area contributed by atoms with Gasteiger partial charge in [0.1, 0.15) is 0 Å². The summed E-state index contributed by atoms with van der Waals surface area (Å²) in [4.78, 5) is 12.5. The molecule has 2 aliphatic carbocycles. The molecule has 6 nitrogen and oxygen atoms in total. The lowest BCUT2D eigenvalue weighted by Gasteiger charge is -2.33. The number of rotatable bonds is 4. The second-order valence-electron chi connectivity index (χ2n) is 9.87. The van der Waals surface area contributed by atoms with Gasteiger partial charge in [-0.1, -0.05) is 11.6 Å². The fourth-order valence-electron chi connectivity index (χ4n) is 5.86. The Morgan fingerprint density at radius 2 is 1.80 bits per heavy atom. The first-order chi connectivity index (χ1) is 16.3. The zero-order valence-electron chi connectivity index (χ0n) is 18.9. The number of ether oxygens (including phenoxy) is 2. The van der Waals surface area contributed by atoms with Crippen molar-refractivity contribution in [1.29, 1.82) is 0 Å². The minimum absolute atomic E-state index is 0.0373. The molecule has 2 aromatic rings. The van der Waals surface area contributed by atoms with Crippen LogP contribution in [0.5, 0.6) is 0 Å².